The van der Waals surface area contributed by atoms with Crippen LogP contribution < -0.4 is 5.32 Å². The lowest BCUT2D eigenvalue weighted by atomic mass is 9.98. The minimum Gasteiger partial charge on any atom is -0.480 e. The largest absolute Gasteiger partial charge is 0.480 e. The molecule has 0 fully saturated rings. The number of rotatable bonds is 7. The van der Waals surface area contributed by atoms with Gasteiger partial charge >= 0.3 is 5.97 Å². The lowest BCUT2D eigenvalue weighted by molar-refractivity contribution is -0.143. The second-order valence-corrected chi connectivity index (χ2v) is 5.07. The van der Waals surface area contributed by atoms with E-state index >= 15 is 0 Å². The number of carboxylic acid groups (broad SMARTS) is 1. The predicted octanol–water partition coefficient (Wildman–Crippen LogP) is 2.41. The van der Waals surface area contributed by atoms with Crippen molar-refractivity contribution in [3.05, 3.63) is 35.4 Å². The highest BCUT2D eigenvalue weighted by Crippen LogP contribution is 2.12. The summed E-state index contributed by atoms with van der Waals surface area (Å²) < 4.78 is 0. The molecule has 0 aromatic heterocycles. The van der Waals surface area contributed by atoms with Crippen molar-refractivity contribution in [2.24, 2.45) is 5.92 Å². The fourth-order valence-electron chi connectivity index (χ4n) is 2.16. The molecule has 1 amide bonds. The molecule has 2 N–H and O–H groups in total. The highest BCUT2D eigenvalue weighted by Gasteiger charge is 2.25. The molecule has 0 saturated carbocycles. The number of carboxylic acids is 1. The molecule has 0 saturated heterocycles. The molecular formula is C16H23NO3. The van der Waals surface area contributed by atoms with Crippen LogP contribution in [0.15, 0.2) is 24.3 Å². The second kappa shape index (κ2) is 7.68. The first kappa shape index (κ1) is 16.2. The maximum atomic E-state index is 12.0. The summed E-state index contributed by atoms with van der Waals surface area (Å²) in [4.78, 5) is 23.2. The van der Waals surface area contributed by atoms with Crippen LogP contribution in [0.3, 0.4) is 0 Å². The minimum atomic E-state index is -0.975. The Morgan fingerprint density at radius 1 is 1.20 bits per heavy atom. The summed E-state index contributed by atoms with van der Waals surface area (Å²) in [5.74, 6) is -1.30. The van der Waals surface area contributed by atoms with E-state index in [4.69, 9.17) is 0 Å². The van der Waals surface area contributed by atoms with Crippen LogP contribution in [0.2, 0.25) is 0 Å². The normalized spacial score (nSPS) is 13.6. The van der Waals surface area contributed by atoms with E-state index < -0.39 is 12.0 Å². The van der Waals surface area contributed by atoms with Crippen molar-refractivity contribution in [2.45, 2.75) is 46.1 Å². The summed E-state index contributed by atoms with van der Waals surface area (Å²) in [6.07, 6.45) is 1.80. The Bertz CT molecular complexity index is 471. The molecule has 2 atom stereocenters. The number of aliphatic carboxylic acids is 1. The molecular weight excluding hydrogens is 254 g/mol. The summed E-state index contributed by atoms with van der Waals surface area (Å²) in [5.41, 5.74) is 2.08. The molecule has 4 heteroatoms. The van der Waals surface area contributed by atoms with Crippen LogP contribution in [-0.4, -0.2) is 23.0 Å². The van der Waals surface area contributed by atoms with Crippen LogP contribution >= 0.6 is 0 Å². The third kappa shape index (κ3) is 4.37. The topological polar surface area (TPSA) is 66.4 Å². The molecule has 0 aliphatic heterocycles. The second-order valence-electron chi connectivity index (χ2n) is 5.07. The Morgan fingerprint density at radius 2 is 1.80 bits per heavy atom. The lowest BCUT2D eigenvalue weighted by Gasteiger charge is -2.20. The van der Waals surface area contributed by atoms with Gasteiger partial charge in [0.05, 0.1) is 6.42 Å². The summed E-state index contributed by atoms with van der Waals surface area (Å²) in [7, 11) is 0. The van der Waals surface area contributed by atoms with Gasteiger partial charge < -0.3 is 10.4 Å². The Labute approximate surface area is 120 Å². The van der Waals surface area contributed by atoms with E-state index in [9.17, 15) is 14.7 Å². The van der Waals surface area contributed by atoms with Gasteiger partial charge in [-0.05, 0) is 23.5 Å². The number of benzene rings is 1. The Hall–Kier alpha value is -1.84. The van der Waals surface area contributed by atoms with Gasteiger partial charge in [0.2, 0.25) is 5.91 Å². The van der Waals surface area contributed by atoms with E-state index in [-0.39, 0.29) is 18.2 Å². The standard InChI is InChI=1S/C16H23NO3/c1-4-11(3)15(16(19)20)17-14(18)10-13-9-7-6-8-12(13)5-2/h6-9,11,15H,4-5,10H2,1-3H3,(H,17,18)(H,19,20)/t11-,15-/m0/s1. The fraction of sp³-hybridized carbons (Fsp3) is 0.500. The molecule has 0 bridgehead atoms. The molecule has 4 nitrogen and oxygen atoms in total. The third-order valence-corrected chi connectivity index (χ3v) is 3.65. The number of carbonyl (C=O) groups excluding carboxylic acids is 1. The van der Waals surface area contributed by atoms with Crippen LogP contribution in [0.5, 0.6) is 0 Å². The number of nitrogens with one attached hydrogen (secondary N) is 1. The van der Waals surface area contributed by atoms with Crippen molar-refractivity contribution >= 4 is 11.9 Å². The SMILES string of the molecule is CCc1ccccc1CC(=O)N[C@H](C(=O)O)[C@@H](C)CC. The lowest BCUT2D eigenvalue weighted by Crippen LogP contribution is -2.45. The number of amides is 1. The van der Waals surface area contributed by atoms with E-state index in [1.165, 1.54) is 0 Å². The summed E-state index contributed by atoms with van der Waals surface area (Å²) in [6.45, 7) is 5.79. The first-order valence-electron chi connectivity index (χ1n) is 7.08. The molecule has 1 aromatic carbocycles. The predicted molar refractivity (Wildman–Crippen MR) is 78.5 cm³/mol. The highest BCUT2D eigenvalue weighted by molar-refractivity contribution is 5.85. The molecule has 0 aliphatic rings. The average molecular weight is 277 g/mol. The molecule has 0 radical (unpaired) electrons. The van der Waals surface area contributed by atoms with Gasteiger partial charge in [0.1, 0.15) is 6.04 Å². The van der Waals surface area contributed by atoms with Crippen molar-refractivity contribution in [3.8, 4) is 0 Å². The monoisotopic (exact) mass is 277 g/mol. The third-order valence-electron chi connectivity index (χ3n) is 3.65. The van der Waals surface area contributed by atoms with E-state index in [0.29, 0.717) is 6.42 Å². The maximum absolute atomic E-state index is 12.0. The minimum absolute atomic E-state index is 0.0853. The molecule has 20 heavy (non-hydrogen) atoms. The summed E-state index contributed by atoms with van der Waals surface area (Å²) in [5, 5.41) is 11.8. The number of aryl methyl sites for hydroxylation is 1. The van der Waals surface area contributed by atoms with Crippen LogP contribution in [0.1, 0.15) is 38.3 Å². The zero-order chi connectivity index (χ0) is 15.1. The molecule has 0 spiro atoms. The summed E-state index contributed by atoms with van der Waals surface area (Å²) >= 11 is 0. The van der Waals surface area contributed by atoms with Gasteiger partial charge in [0.25, 0.3) is 0 Å². The van der Waals surface area contributed by atoms with Crippen molar-refractivity contribution in [1.29, 1.82) is 0 Å². The van der Waals surface area contributed by atoms with Gasteiger partial charge in [0, 0.05) is 0 Å². The van der Waals surface area contributed by atoms with E-state index in [1.54, 1.807) is 0 Å². The number of hydrogen-bond acceptors (Lipinski definition) is 2. The van der Waals surface area contributed by atoms with Crippen molar-refractivity contribution in [2.75, 3.05) is 0 Å². The van der Waals surface area contributed by atoms with Crippen molar-refractivity contribution in [1.82, 2.24) is 5.32 Å². The zero-order valence-electron chi connectivity index (χ0n) is 12.3. The van der Waals surface area contributed by atoms with Crippen LogP contribution in [0.4, 0.5) is 0 Å². The first-order valence-corrected chi connectivity index (χ1v) is 7.08. The Balaban J connectivity index is 2.73. The van der Waals surface area contributed by atoms with Gasteiger partial charge in [0.15, 0.2) is 0 Å². The summed E-state index contributed by atoms with van der Waals surface area (Å²) in [6, 6.07) is 6.93. The van der Waals surface area contributed by atoms with Gasteiger partial charge in [-0.25, -0.2) is 4.79 Å². The molecule has 0 aliphatic carbocycles. The molecule has 110 valence electrons. The first-order chi connectivity index (χ1) is 9.49. The molecule has 1 aromatic rings. The van der Waals surface area contributed by atoms with E-state index in [1.807, 2.05) is 45.0 Å². The van der Waals surface area contributed by atoms with Crippen molar-refractivity contribution < 1.29 is 14.7 Å². The van der Waals surface area contributed by atoms with Gasteiger partial charge in [-0.3, -0.25) is 4.79 Å². The van der Waals surface area contributed by atoms with Gasteiger partial charge in [-0.2, -0.15) is 0 Å². The van der Waals surface area contributed by atoms with E-state index in [0.717, 1.165) is 17.5 Å². The van der Waals surface area contributed by atoms with Crippen LogP contribution in [0, 0.1) is 5.92 Å². The zero-order valence-corrected chi connectivity index (χ0v) is 12.3. The number of hydrogen-bond donors (Lipinski definition) is 2. The average Bonchev–Trinajstić information content (AvgIpc) is 2.44. The molecule has 1 rings (SSSR count). The Kier molecular flexibility index (Phi) is 6.22. The Morgan fingerprint density at radius 3 is 2.30 bits per heavy atom. The maximum Gasteiger partial charge on any atom is 0.326 e. The molecule has 0 unspecified atom stereocenters. The fourth-order valence-corrected chi connectivity index (χ4v) is 2.16. The van der Waals surface area contributed by atoms with E-state index in [2.05, 4.69) is 5.32 Å². The number of carbonyl (C=O) groups is 2. The van der Waals surface area contributed by atoms with Crippen molar-refractivity contribution in [3.63, 3.8) is 0 Å². The van der Waals surface area contributed by atoms with Crippen LogP contribution in [-0.2, 0) is 22.4 Å². The van der Waals surface area contributed by atoms with Gasteiger partial charge in [-0.15, -0.1) is 0 Å². The van der Waals surface area contributed by atoms with Gasteiger partial charge in [-0.1, -0.05) is 51.5 Å². The quantitative estimate of drug-likeness (QED) is 0.804. The smallest absolute Gasteiger partial charge is 0.326 e. The molecule has 0 heterocycles. The highest BCUT2D eigenvalue weighted by atomic mass is 16.4. The van der Waals surface area contributed by atoms with Crippen LogP contribution in [0.25, 0.3) is 0 Å².